The summed E-state index contributed by atoms with van der Waals surface area (Å²) >= 11 is 1.89. The maximum Gasteiger partial charge on any atom is 0.222 e. The van der Waals surface area contributed by atoms with Crippen molar-refractivity contribution in [2.75, 3.05) is 31.1 Å². The number of nitrogens with zero attached hydrogens (tertiary/aromatic N) is 1. The number of amides is 2. The first-order chi connectivity index (χ1) is 9.15. The topological polar surface area (TPSA) is 61.4 Å². The monoisotopic (exact) mass is 285 g/mol. The van der Waals surface area contributed by atoms with Crippen LogP contribution in [0.15, 0.2) is 0 Å². The van der Waals surface area contributed by atoms with E-state index in [1.807, 2.05) is 23.6 Å². The van der Waals surface area contributed by atoms with E-state index in [-0.39, 0.29) is 17.9 Å². The first kappa shape index (κ1) is 14.7. The number of likely N-dealkylation sites (tertiary alicyclic amines) is 1. The highest BCUT2D eigenvalue weighted by molar-refractivity contribution is 7.99. The second-order valence-electron chi connectivity index (χ2n) is 5.34. The summed E-state index contributed by atoms with van der Waals surface area (Å²) in [6.07, 6.45) is 2.14. The van der Waals surface area contributed by atoms with Gasteiger partial charge in [-0.15, -0.1) is 0 Å². The van der Waals surface area contributed by atoms with Crippen LogP contribution in [-0.2, 0) is 9.59 Å². The standard InChI is InChI=1S/C13H23N3O2S/c1-10(8-16-5-2-3-13(16)18)15-12(17)7-11-9-19-6-4-14-11/h10-11,14H,2-9H2,1H3,(H,15,17). The zero-order valence-corrected chi connectivity index (χ0v) is 12.3. The summed E-state index contributed by atoms with van der Waals surface area (Å²) in [7, 11) is 0. The van der Waals surface area contributed by atoms with Gasteiger partial charge in [-0.05, 0) is 13.3 Å². The molecule has 2 saturated heterocycles. The normalized spacial score (nSPS) is 25.4. The average Bonchev–Trinajstić information content (AvgIpc) is 2.76. The number of hydrogen-bond acceptors (Lipinski definition) is 4. The largest absolute Gasteiger partial charge is 0.352 e. The number of carbonyl (C=O) groups is 2. The molecule has 6 heteroatoms. The second-order valence-corrected chi connectivity index (χ2v) is 6.49. The molecule has 2 heterocycles. The van der Waals surface area contributed by atoms with E-state index in [0.717, 1.165) is 31.0 Å². The maximum absolute atomic E-state index is 11.9. The third-order valence-electron chi connectivity index (χ3n) is 3.50. The molecule has 0 aromatic heterocycles. The van der Waals surface area contributed by atoms with Crippen LogP contribution in [0, 0.1) is 0 Å². The van der Waals surface area contributed by atoms with Crippen molar-refractivity contribution in [1.82, 2.24) is 15.5 Å². The van der Waals surface area contributed by atoms with Crippen LogP contribution in [0.3, 0.4) is 0 Å². The molecular weight excluding hydrogens is 262 g/mol. The van der Waals surface area contributed by atoms with Crippen molar-refractivity contribution in [1.29, 1.82) is 0 Å². The number of nitrogens with one attached hydrogen (secondary N) is 2. The minimum atomic E-state index is 0.0331. The lowest BCUT2D eigenvalue weighted by Gasteiger charge is -2.25. The predicted octanol–water partition coefficient (Wildman–Crippen LogP) is 0.209. The molecule has 2 amide bonds. The zero-order chi connectivity index (χ0) is 13.7. The second kappa shape index (κ2) is 7.14. The van der Waals surface area contributed by atoms with Gasteiger partial charge >= 0.3 is 0 Å². The van der Waals surface area contributed by atoms with Crippen molar-refractivity contribution in [2.24, 2.45) is 0 Å². The lowest BCUT2D eigenvalue weighted by atomic mass is 10.2. The van der Waals surface area contributed by atoms with Gasteiger partial charge in [0.1, 0.15) is 0 Å². The molecule has 2 aliphatic heterocycles. The summed E-state index contributed by atoms with van der Waals surface area (Å²) in [6.45, 7) is 4.42. The summed E-state index contributed by atoms with van der Waals surface area (Å²) in [4.78, 5) is 25.3. The van der Waals surface area contributed by atoms with Crippen molar-refractivity contribution in [3.05, 3.63) is 0 Å². The first-order valence-corrected chi connectivity index (χ1v) is 8.19. The Labute approximate surface area is 118 Å². The van der Waals surface area contributed by atoms with E-state index >= 15 is 0 Å². The summed E-state index contributed by atoms with van der Waals surface area (Å²) in [5.74, 6) is 2.43. The number of thioether (sulfide) groups is 1. The molecule has 19 heavy (non-hydrogen) atoms. The third-order valence-corrected chi connectivity index (χ3v) is 4.63. The molecule has 0 aromatic rings. The van der Waals surface area contributed by atoms with Crippen molar-refractivity contribution in [2.45, 2.75) is 38.3 Å². The molecule has 0 spiro atoms. The Morgan fingerprint density at radius 3 is 3.11 bits per heavy atom. The summed E-state index contributed by atoms with van der Waals surface area (Å²) in [6, 6.07) is 0.324. The van der Waals surface area contributed by atoms with Crippen LogP contribution >= 0.6 is 11.8 Å². The van der Waals surface area contributed by atoms with Crippen LogP contribution in [0.2, 0.25) is 0 Å². The highest BCUT2D eigenvalue weighted by atomic mass is 32.2. The fraction of sp³-hybridized carbons (Fsp3) is 0.846. The van der Waals surface area contributed by atoms with Gasteiger partial charge in [-0.25, -0.2) is 0 Å². The van der Waals surface area contributed by atoms with Crippen molar-refractivity contribution >= 4 is 23.6 Å². The molecule has 2 aliphatic rings. The van der Waals surface area contributed by atoms with Crippen molar-refractivity contribution < 1.29 is 9.59 Å². The fourth-order valence-electron chi connectivity index (χ4n) is 2.58. The Kier molecular flexibility index (Phi) is 5.51. The van der Waals surface area contributed by atoms with E-state index in [0.29, 0.717) is 25.4 Å². The molecule has 0 bridgehead atoms. The first-order valence-electron chi connectivity index (χ1n) is 7.03. The van der Waals surface area contributed by atoms with Gasteiger partial charge < -0.3 is 15.5 Å². The Hall–Kier alpha value is -0.750. The van der Waals surface area contributed by atoms with E-state index in [1.165, 1.54) is 0 Å². The molecule has 0 aromatic carbocycles. The number of rotatable bonds is 5. The zero-order valence-electron chi connectivity index (χ0n) is 11.5. The van der Waals surface area contributed by atoms with E-state index in [9.17, 15) is 9.59 Å². The smallest absolute Gasteiger partial charge is 0.222 e. The van der Waals surface area contributed by atoms with Crippen LogP contribution in [-0.4, -0.2) is 59.9 Å². The molecule has 2 fully saturated rings. The molecule has 5 nitrogen and oxygen atoms in total. The molecule has 2 N–H and O–H groups in total. The molecular formula is C13H23N3O2S. The van der Waals surface area contributed by atoms with E-state index in [4.69, 9.17) is 0 Å². The van der Waals surface area contributed by atoms with E-state index in [2.05, 4.69) is 10.6 Å². The van der Waals surface area contributed by atoms with Crippen LogP contribution in [0.5, 0.6) is 0 Å². The third kappa shape index (κ3) is 4.69. The van der Waals surface area contributed by atoms with Gasteiger partial charge in [0.05, 0.1) is 0 Å². The van der Waals surface area contributed by atoms with Gasteiger partial charge in [-0.2, -0.15) is 11.8 Å². The fourth-order valence-corrected chi connectivity index (χ4v) is 3.53. The Bertz CT molecular complexity index is 332. The van der Waals surface area contributed by atoms with Crippen LogP contribution in [0.1, 0.15) is 26.2 Å². The van der Waals surface area contributed by atoms with E-state index in [1.54, 1.807) is 0 Å². The van der Waals surface area contributed by atoms with Crippen LogP contribution in [0.4, 0.5) is 0 Å². The minimum Gasteiger partial charge on any atom is -0.352 e. The van der Waals surface area contributed by atoms with Gasteiger partial charge in [-0.1, -0.05) is 0 Å². The Morgan fingerprint density at radius 2 is 2.47 bits per heavy atom. The number of carbonyl (C=O) groups excluding carboxylic acids is 2. The van der Waals surface area contributed by atoms with Crippen molar-refractivity contribution in [3.63, 3.8) is 0 Å². The Morgan fingerprint density at radius 1 is 1.63 bits per heavy atom. The number of hydrogen-bond donors (Lipinski definition) is 2. The summed E-state index contributed by atoms with van der Waals surface area (Å²) in [5.41, 5.74) is 0. The molecule has 2 atom stereocenters. The van der Waals surface area contributed by atoms with Crippen LogP contribution < -0.4 is 10.6 Å². The van der Waals surface area contributed by atoms with Gasteiger partial charge in [-0.3, -0.25) is 9.59 Å². The van der Waals surface area contributed by atoms with Gasteiger partial charge in [0.2, 0.25) is 11.8 Å². The highest BCUT2D eigenvalue weighted by Crippen LogP contribution is 2.11. The Balaban J connectivity index is 1.67. The lowest BCUT2D eigenvalue weighted by molar-refractivity contribution is -0.129. The van der Waals surface area contributed by atoms with E-state index < -0.39 is 0 Å². The summed E-state index contributed by atoms with van der Waals surface area (Å²) < 4.78 is 0. The van der Waals surface area contributed by atoms with Gasteiger partial charge in [0, 0.05) is 56.1 Å². The summed E-state index contributed by atoms with van der Waals surface area (Å²) in [5, 5.41) is 6.35. The highest BCUT2D eigenvalue weighted by Gasteiger charge is 2.23. The minimum absolute atomic E-state index is 0.0331. The molecule has 0 aliphatic carbocycles. The molecule has 0 radical (unpaired) electrons. The molecule has 2 rings (SSSR count). The molecule has 2 unspecified atom stereocenters. The van der Waals surface area contributed by atoms with Gasteiger partial charge in [0.25, 0.3) is 0 Å². The molecule has 108 valence electrons. The lowest BCUT2D eigenvalue weighted by Crippen LogP contribution is -2.46. The SMILES string of the molecule is CC(CN1CCCC1=O)NC(=O)CC1CSCCN1. The van der Waals surface area contributed by atoms with Crippen LogP contribution in [0.25, 0.3) is 0 Å². The van der Waals surface area contributed by atoms with Gasteiger partial charge in [0.15, 0.2) is 0 Å². The average molecular weight is 285 g/mol. The quantitative estimate of drug-likeness (QED) is 0.758. The molecule has 0 saturated carbocycles. The van der Waals surface area contributed by atoms with Crippen molar-refractivity contribution in [3.8, 4) is 0 Å². The predicted molar refractivity (Wildman–Crippen MR) is 77.2 cm³/mol. The maximum atomic E-state index is 11.9.